The average molecular weight is 375 g/mol. The minimum Gasteiger partial charge on any atom is -0.440 e. The number of benzene rings is 2. The average Bonchev–Trinajstić information content (AvgIpc) is 3.60. The van der Waals surface area contributed by atoms with Crippen molar-refractivity contribution in [1.29, 1.82) is 0 Å². The topological polar surface area (TPSA) is 84.2 Å². The van der Waals surface area contributed by atoms with Gasteiger partial charge in [-0.05, 0) is 61.6 Å². The van der Waals surface area contributed by atoms with Crippen molar-refractivity contribution >= 4 is 34.3 Å². The first-order valence-corrected chi connectivity index (χ1v) is 9.69. The lowest BCUT2D eigenvalue weighted by Gasteiger charge is -2.08. The number of hydrogen-bond donors (Lipinski definition) is 2. The van der Waals surface area contributed by atoms with Crippen LogP contribution in [-0.4, -0.2) is 16.8 Å². The summed E-state index contributed by atoms with van der Waals surface area (Å²) in [4.78, 5) is 29.3. The molecule has 2 N–H and O–H groups in total. The number of rotatable bonds is 5. The summed E-state index contributed by atoms with van der Waals surface area (Å²) in [6, 6.07) is 12.4. The molecule has 2 atom stereocenters. The first kappa shape index (κ1) is 17.0. The predicted molar refractivity (Wildman–Crippen MR) is 106 cm³/mol. The van der Waals surface area contributed by atoms with Crippen molar-refractivity contribution < 1.29 is 14.0 Å². The van der Waals surface area contributed by atoms with Gasteiger partial charge in [-0.1, -0.05) is 13.0 Å². The lowest BCUT2D eigenvalue weighted by atomic mass is 10.1. The zero-order valence-corrected chi connectivity index (χ0v) is 15.6. The van der Waals surface area contributed by atoms with Crippen LogP contribution in [0.5, 0.6) is 0 Å². The van der Waals surface area contributed by atoms with E-state index < -0.39 is 0 Å². The first-order chi connectivity index (χ1) is 13.6. The molecule has 142 valence electrons. The quantitative estimate of drug-likeness (QED) is 0.685. The molecule has 0 bridgehead atoms. The molecule has 3 aromatic rings. The Balaban J connectivity index is 1.30. The Morgan fingerprint density at radius 2 is 1.86 bits per heavy atom. The van der Waals surface area contributed by atoms with Crippen molar-refractivity contribution in [3.8, 4) is 0 Å². The number of nitrogens with zero attached hydrogens (tertiary/aromatic N) is 1. The van der Waals surface area contributed by atoms with E-state index >= 15 is 0 Å². The van der Waals surface area contributed by atoms with Gasteiger partial charge in [0.15, 0.2) is 11.5 Å². The summed E-state index contributed by atoms with van der Waals surface area (Å²) in [5.74, 6) is 1.55. The van der Waals surface area contributed by atoms with E-state index in [1.165, 1.54) is 0 Å². The Kier molecular flexibility index (Phi) is 3.93. The number of fused-ring (bicyclic) bond motifs is 1. The van der Waals surface area contributed by atoms with E-state index in [4.69, 9.17) is 4.42 Å². The van der Waals surface area contributed by atoms with E-state index in [1.54, 1.807) is 24.3 Å². The van der Waals surface area contributed by atoms with Crippen molar-refractivity contribution in [1.82, 2.24) is 4.98 Å². The normalized spacial score (nSPS) is 20.8. The fraction of sp³-hybridized carbons (Fsp3) is 0.318. The van der Waals surface area contributed by atoms with E-state index in [0.717, 1.165) is 36.3 Å². The molecular formula is C22H21N3O3. The lowest BCUT2D eigenvalue weighted by Crippen LogP contribution is -2.16. The number of nitrogens with one attached hydrogen (secondary N) is 2. The Morgan fingerprint density at radius 1 is 1.07 bits per heavy atom. The van der Waals surface area contributed by atoms with Gasteiger partial charge in [0.25, 0.3) is 5.91 Å². The third kappa shape index (κ3) is 3.38. The number of carbonyl (C=O) groups is 2. The fourth-order valence-electron chi connectivity index (χ4n) is 3.39. The van der Waals surface area contributed by atoms with Crippen molar-refractivity contribution in [2.45, 2.75) is 32.1 Å². The fourth-order valence-corrected chi connectivity index (χ4v) is 3.39. The summed E-state index contributed by atoms with van der Waals surface area (Å²) in [5.41, 5.74) is 3.27. The molecule has 2 saturated carbocycles. The van der Waals surface area contributed by atoms with Crippen molar-refractivity contribution in [2.24, 2.45) is 11.8 Å². The summed E-state index contributed by atoms with van der Waals surface area (Å²) in [7, 11) is 0. The number of carbonyl (C=O) groups excluding carboxylic acids is 2. The molecule has 5 rings (SSSR count). The first-order valence-electron chi connectivity index (χ1n) is 9.69. The smallest absolute Gasteiger partial charge is 0.255 e. The zero-order valence-electron chi connectivity index (χ0n) is 15.6. The van der Waals surface area contributed by atoms with Crippen LogP contribution >= 0.6 is 0 Å². The number of amides is 2. The van der Waals surface area contributed by atoms with Gasteiger partial charge < -0.3 is 15.1 Å². The Labute approximate surface area is 162 Å². The SMILES string of the molecule is C[C@@H]1C[C@H]1C(=O)Nc1cccc(C(=O)Nc2ccc3oc(C4CC4)nc3c2)c1. The maximum Gasteiger partial charge on any atom is 0.255 e. The Hall–Kier alpha value is -3.15. The maximum atomic E-state index is 12.6. The molecule has 0 saturated heterocycles. The van der Waals surface area contributed by atoms with Gasteiger partial charge >= 0.3 is 0 Å². The van der Waals surface area contributed by atoms with Crippen molar-refractivity contribution in [3.05, 3.63) is 53.9 Å². The highest BCUT2D eigenvalue weighted by Gasteiger charge is 2.39. The highest BCUT2D eigenvalue weighted by Crippen LogP contribution is 2.41. The second-order valence-electron chi connectivity index (χ2n) is 7.85. The molecular weight excluding hydrogens is 354 g/mol. The van der Waals surface area contributed by atoms with Crippen LogP contribution in [0.4, 0.5) is 11.4 Å². The van der Waals surface area contributed by atoms with E-state index in [2.05, 4.69) is 22.5 Å². The van der Waals surface area contributed by atoms with E-state index in [-0.39, 0.29) is 17.7 Å². The summed E-state index contributed by atoms with van der Waals surface area (Å²) in [5, 5.41) is 5.79. The maximum absolute atomic E-state index is 12.6. The number of hydrogen-bond acceptors (Lipinski definition) is 4. The summed E-state index contributed by atoms with van der Waals surface area (Å²) >= 11 is 0. The molecule has 0 spiro atoms. The molecule has 2 aromatic carbocycles. The summed E-state index contributed by atoms with van der Waals surface area (Å²) in [6.07, 6.45) is 3.19. The van der Waals surface area contributed by atoms with Gasteiger partial charge in [-0.15, -0.1) is 0 Å². The Morgan fingerprint density at radius 3 is 2.61 bits per heavy atom. The third-order valence-electron chi connectivity index (χ3n) is 5.43. The molecule has 0 radical (unpaired) electrons. The van der Waals surface area contributed by atoms with Crippen molar-refractivity contribution in [3.63, 3.8) is 0 Å². The molecule has 2 aliphatic carbocycles. The van der Waals surface area contributed by atoms with Crippen LogP contribution in [0.1, 0.15) is 48.4 Å². The van der Waals surface area contributed by atoms with Crippen LogP contribution < -0.4 is 10.6 Å². The third-order valence-corrected chi connectivity index (χ3v) is 5.43. The number of aromatic nitrogens is 1. The molecule has 0 unspecified atom stereocenters. The molecule has 1 aromatic heterocycles. The molecule has 2 fully saturated rings. The standard InChI is InChI=1S/C22H21N3O3/c1-12-9-17(12)21(27)24-15-4-2-3-14(10-15)20(26)23-16-7-8-19-18(11-16)25-22(28-19)13-5-6-13/h2-4,7-8,10-13,17H,5-6,9H2,1H3,(H,23,26)(H,24,27)/t12-,17-/m1/s1. The second-order valence-corrected chi connectivity index (χ2v) is 7.85. The highest BCUT2D eigenvalue weighted by molar-refractivity contribution is 6.06. The lowest BCUT2D eigenvalue weighted by molar-refractivity contribution is -0.117. The van der Waals surface area contributed by atoms with Gasteiger partial charge in [0.2, 0.25) is 5.91 Å². The van der Waals surface area contributed by atoms with Crippen molar-refractivity contribution in [2.75, 3.05) is 10.6 Å². The highest BCUT2D eigenvalue weighted by atomic mass is 16.3. The van der Waals surface area contributed by atoms with Gasteiger partial charge in [0.1, 0.15) is 5.52 Å². The minimum atomic E-state index is -0.235. The van der Waals surface area contributed by atoms with Gasteiger partial charge in [-0.2, -0.15) is 0 Å². The molecule has 2 amide bonds. The summed E-state index contributed by atoms with van der Waals surface area (Å²) in [6.45, 7) is 2.06. The van der Waals surface area contributed by atoms with Gasteiger partial charge in [0, 0.05) is 28.8 Å². The summed E-state index contributed by atoms with van der Waals surface area (Å²) < 4.78 is 5.76. The van der Waals surface area contributed by atoms with E-state index in [9.17, 15) is 9.59 Å². The van der Waals surface area contributed by atoms with Gasteiger partial charge in [-0.3, -0.25) is 9.59 Å². The van der Waals surface area contributed by atoms with Crippen LogP contribution in [0.15, 0.2) is 46.9 Å². The molecule has 6 nitrogen and oxygen atoms in total. The minimum absolute atomic E-state index is 0.0213. The van der Waals surface area contributed by atoms with E-state index in [1.807, 2.05) is 18.2 Å². The van der Waals surface area contributed by atoms with Crippen LogP contribution in [0.25, 0.3) is 11.1 Å². The largest absolute Gasteiger partial charge is 0.440 e. The number of anilines is 2. The number of oxazole rings is 1. The molecule has 6 heteroatoms. The van der Waals surface area contributed by atoms with Crippen LogP contribution in [0.3, 0.4) is 0 Å². The molecule has 1 heterocycles. The van der Waals surface area contributed by atoms with Crippen LogP contribution in [0, 0.1) is 11.8 Å². The Bertz CT molecular complexity index is 1080. The second kappa shape index (κ2) is 6.48. The molecule has 2 aliphatic rings. The predicted octanol–water partition coefficient (Wildman–Crippen LogP) is 4.55. The zero-order chi connectivity index (χ0) is 19.3. The van der Waals surface area contributed by atoms with E-state index in [0.29, 0.717) is 28.8 Å². The van der Waals surface area contributed by atoms with Crippen LogP contribution in [0.2, 0.25) is 0 Å². The monoisotopic (exact) mass is 375 g/mol. The molecule has 0 aliphatic heterocycles. The van der Waals surface area contributed by atoms with Gasteiger partial charge in [0.05, 0.1) is 0 Å². The molecule has 28 heavy (non-hydrogen) atoms. The van der Waals surface area contributed by atoms with Gasteiger partial charge in [-0.25, -0.2) is 4.98 Å². The van der Waals surface area contributed by atoms with Crippen LogP contribution in [-0.2, 0) is 4.79 Å².